The average Bonchev–Trinajstić information content (AvgIpc) is 3.00. The smallest absolute Gasteiger partial charge is 0.0714 e. The van der Waals surface area contributed by atoms with Crippen molar-refractivity contribution in [3.63, 3.8) is 0 Å². The van der Waals surface area contributed by atoms with Gasteiger partial charge in [-0.2, -0.15) is 0 Å². The lowest BCUT2D eigenvalue weighted by Crippen LogP contribution is -1.91. The third-order valence-electron chi connectivity index (χ3n) is 7.85. The molecule has 7 aromatic carbocycles. The highest BCUT2D eigenvalue weighted by molar-refractivity contribution is 6.34. The first-order valence-corrected chi connectivity index (χ1v) is 13.1. The lowest BCUT2D eigenvalue weighted by molar-refractivity contribution is 1.33. The van der Waals surface area contributed by atoms with Crippen molar-refractivity contribution in [3.05, 3.63) is 140 Å². The van der Waals surface area contributed by atoms with Gasteiger partial charge < -0.3 is 0 Å². The Bertz CT molecular complexity index is 2170. The Morgan fingerprint density at radius 1 is 0.368 bits per heavy atom. The first-order valence-electron chi connectivity index (χ1n) is 13.1. The van der Waals surface area contributed by atoms with E-state index in [-0.39, 0.29) is 0 Å². The van der Waals surface area contributed by atoms with Gasteiger partial charge in [0.05, 0.1) is 5.69 Å². The highest BCUT2D eigenvalue weighted by Gasteiger charge is 2.16. The number of nitrogens with zero attached hydrogens (tertiary/aromatic N) is 1. The minimum Gasteiger partial charge on any atom is -0.256 e. The fourth-order valence-electron chi connectivity index (χ4n) is 6.10. The van der Waals surface area contributed by atoms with E-state index < -0.39 is 0 Å². The van der Waals surface area contributed by atoms with Gasteiger partial charge in [-0.25, -0.2) is 0 Å². The summed E-state index contributed by atoms with van der Waals surface area (Å²) in [5.74, 6) is 0. The van der Waals surface area contributed by atoms with Crippen molar-refractivity contribution in [2.24, 2.45) is 0 Å². The molecule has 0 fully saturated rings. The second-order valence-electron chi connectivity index (χ2n) is 9.98. The molecule has 8 aromatic rings. The van der Waals surface area contributed by atoms with Crippen LogP contribution in [0.1, 0.15) is 0 Å². The molecule has 0 saturated carbocycles. The molecule has 1 heterocycles. The molecule has 0 spiro atoms. The second kappa shape index (κ2) is 8.26. The van der Waals surface area contributed by atoms with Crippen LogP contribution in [0.3, 0.4) is 0 Å². The summed E-state index contributed by atoms with van der Waals surface area (Å²) in [6.45, 7) is 0. The summed E-state index contributed by atoms with van der Waals surface area (Å²) < 4.78 is 0. The summed E-state index contributed by atoms with van der Waals surface area (Å²) in [4.78, 5) is 4.88. The molecule has 0 aliphatic carbocycles. The molecular weight excluding hydrogens is 458 g/mol. The van der Waals surface area contributed by atoms with Crippen molar-refractivity contribution < 1.29 is 0 Å². The van der Waals surface area contributed by atoms with Crippen LogP contribution in [0.2, 0.25) is 0 Å². The van der Waals surface area contributed by atoms with Crippen LogP contribution in [0.25, 0.3) is 76.2 Å². The standard InChI is InChI=1S/C37H23N/c1-2-10-24(11-3-1)27-18-19-38-36(22-27)33-23-35-29-15-7-6-14-28(29)32-20-25-12-4-5-13-26(25)21-34(32)37(35)31-17-9-8-16-30(31)33/h1-23H. The van der Waals surface area contributed by atoms with Crippen LogP contribution in [0.4, 0.5) is 0 Å². The molecule has 8 rings (SSSR count). The van der Waals surface area contributed by atoms with Gasteiger partial charge in [0.1, 0.15) is 0 Å². The SMILES string of the molecule is c1ccc(-c2ccnc(-c3cc4c5ccccc5c5cc6ccccc6cc5c4c4ccccc34)c2)cc1. The van der Waals surface area contributed by atoms with E-state index in [1.54, 1.807) is 0 Å². The number of rotatable bonds is 2. The number of hydrogen-bond acceptors (Lipinski definition) is 1. The summed E-state index contributed by atoms with van der Waals surface area (Å²) >= 11 is 0. The van der Waals surface area contributed by atoms with E-state index >= 15 is 0 Å². The van der Waals surface area contributed by atoms with E-state index in [9.17, 15) is 0 Å². The largest absolute Gasteiger partial charge is 0.256 e. The van der Waals surface area contributed by atoms with E-state index in [1.165, 1.54) is 65.0 Å². The van der Waals surface area contributed by atoms with Crippen molar-refractivity contribution in [2.75, 3.05) is 0 Å². The van der Waals surface area contributed by atoms with Crippen LogP contribution in [0.5, 0.6) is 0 Å². The van der Waals surface area contributed by atoms with Gasteiger partial charge in [-0.3, -0.25) is 4.98 Å². The third kappa shape index (κ3) is 3.16. The first-order chi connectivity index (χ1) is 18.8. The van der Waals surface area contributed by atoms with Gasteiger partial charge in [-0.15, -0.1) is 0 Å². The Hall–Kier alpha value is -5.01. The molecule has 38 heavy (non-hydrogen) atoms. The van der Waals surface area contributed by atoms with E-state index in [0.717, 1.165) is 11.3 Å². The molecule has 1 aromatic heterocycles. The highest BCUT2D eigenvalue weighted by Crippen LogP contribution is 2.43. The molecule has 0 radical (unpaired) electrons. The van der Waals surface area contributed by atoms with Gasteiger partial charge in [-0.1, -0.05) is 103 Å². The molecule has 0 aliphatic heterocycles. The van der Waals surface area contributed by atoms with Crippen LogP contribution < -0.4 is 0 Å². The minimum atomic E-state index is 0.993. The van der Waals surface area contributed by atoms with Crippen LogP contribution in [0.15, 0.2) is 140 Å². The predicted octanol–water partition coefficient (Wildman–Crippen LogP) is 10.2. The Morgan fingerprint density at radius 3 is 1.71 bits per heavy atom. The van der Waals surface area contributed by atoms with Crippen molar-refractivity contribution in [3.8, 4) is 22.4 Å². The van der Waals surface area contributed by atoms with Gasteiger partial charge in [0.25, 0.3) is 0 Å². The minimum absolute atomic E-state index is 0.993. The number of hydrogen-bond donors (Lipinski definition) is 0. The van der Waals surface area contributed by atoms with E-state index in [1.807, 2.05) is 6.20 Å². The monoisotopic (exact) mass is 481 g/mol. The number of benzene rings is 7. The highest BCUT2D eigenvalue weighted by atomic mass is 14.7. The van der Waals surface area contributed by atoms with Crippen molar-refractivity contribution in [1.29, 1.82) is 0 Å². The Labute approximate surface area is 220 Å². The summed E-state index contributed by atoms with van der Waals surface area (Å²) in [6.07, 6.45) is 1.93. The number of pyridine rings is 1. The van der Waals surface area contributed by atoms with Crippen LogP contribution in [0, 0.1) is 0 Å². The average molecular weight is 482 g/mol. The lowest BCUT2D eigenvalue weighted by atomic mass is 9.87. The molecule has 0 aliphatic rings. The fourth-order valence-corrected chi connectivity index (χ4v) is 6.10. The molecule has 0 unspecified atom stereocenters. The lowest BCUT2D eigenvalue weighted by Gasteiger charge is -2.17. The maximum Gasteiger partial charge on any atom is 0.0714 e. The van der Waals surface area contributed by atoms with Gasteiger partial charge in [-0.05, 0) is 95.3 Å². The van der Waals surface area contributed by atoms with E-state index in [4.69, 9.17) is 4.98 Å². The van der Waals surface area contributed by atoms with E-state index in [0.29, 0.717) is 0 Å². The summed E-state index contributed by atoms with van der Waals surface area (Å²) in [5, 5.41) is 12.8. The van der Waals surface area contributed by atoms with Gasteiger partial charge >= 0.3 is 0 Å². The molecule has 0 atom stereocenters. The molecule has 176 valence electrons. The summed E-state index contributed by atoms with van der Waals surface area (Å²) in [6, 6.07) is 48.2. The topological polar surface area (TPSA) is 12.9 Å². The number of fused-ring (bicyclic) bond motifs is 9. The zero-order valence-electron chi connectivity index (χ0n) is 20.7. The van der Waals surface area contributed by atoms with Crippen LogP contribution in [-0.2, 0) is 0 Å². The van der Waals surface area contributed by atoms with Crippen molar-refractivity contribution in [1.82, 2.24) is 4.98 Å². The zero-order chi connectivity index (χ0) is 25.1. The summed E-state index contributed by atoms with van der Waals surface area (Å²) in [7, 11) is 0. The molecular formula is C37H23N. The normalized spacial score (nSPS) is 11.7. The summed E-state index contributed by atoms with van der Waals surface area (Å²) in [5.41, 5.74) is 4.53. The maximum absolute atomic E-state index is 4.88. The molecule has 0 bridgehead atoms. The van der Waals surface area contributed by atoms with Crippen LogP contribution >= 0.6 is 0 Å². The Balaban J connectivity index is 1.54. The fraction of sp³-hybridized carbons (Fsp3) is 0. The molecule has 0 amide bonds. The first kappa shape index (κ1) is 21.1. The molecule has 0 saturated heterocycles. The van der Waals surface area contributed by atoms with Gasteiger partial charge in [0, 0.05) is 11.8 Å². The van der Waals surface area contributed by atoms with Crippen LogP contribution in [-0.4, -0.2) is 4.98 Å². The second-order valence-corrected chi connectivity index (χ2v) is 9.98. The Kier molecular flexibility index (Phi) is 4.59. The van der Waals surface area contributed by atoms with Gasteiger partial charge in [0.2, 0.25) is 0 Å². The van der Waals surface area contributed by atoms with E-state index in [2.05, 4.69) is 133 Å². The predicted molar refractivity (Wildman–Crippen MR) is 163 cm³/mol. The molecule has 0 N–H and O–H groups in total. The zero-order valence-corrected chi connectivity index (χ0v) is 20.7. The third-order valence-corrected chi connectivity index (χ3v) is 7.85. The molecule has 1 heteroatoms. The number of aromatic nitrogens is 1. The van der Waals surface area contributed by atoms with Crippen molar-refractivity contribution >= 4 is 53.9 Å². The molecule has 1 nitrogen and oxygen atoms in total. The van der Waals surface area contributed by atoms with Crippen molar-refractivity contribution in [2.45, 2.75) is 0 Å². The van der Waals surface area contributed by atoms with Gasteiger partial charge in [0.15, 0.2) is 0 Å². The quantitative estimate of drug-likeness (QED) is 0.177. The Morgan fingerprint density at radius 2 is 0.947 bits per heavy atom. The maximum atomic E-state index is 4.88.